The fourth-order valence-corrected chi connectivity index (χ4v) is 4.11. The Kier molecular flexibility index (Phi) is 4.76. The van der Waals surface area contributed by atoms with Crippen molar-refractivity contribution < 1.29 is 0 Å². The number of hydrogen-bond acceptors (Lipinski definition) is 2. The first kappa shape index (κ1) is 17.6. The molecule has 4 rings (SSSR count). The highest BCUT2D eigenvalue weighted by Crippen LogP contribution is 2.35. The van der Waals surface area contributed by atoms with Gasteiger partial charge in [0.15, 0.2) is 0 Å². The second-order valence-electron chi connectivity index (χ2n) is 8.27. The van der Waals surface area contributed by atoms with Crippen LogP contribution in [-0.4, -0.2) is 16.0 Å². The van der Waals surface area contributed by atoms with Gasteiger partial charge >= 0.3 is 0 Å². The molecule has 1 heterocycles. The zero-order chi connectivity index (χ0) is 18.1. The second kappa shape index (κ2) is 7.05. The van der Waals surface area contributed by atoms with E-state index in [1.54, 1.807) is 6.33 Å². The molecule has 0 atom stereocenters. The zero-order valence-electron chi connectivity index (χ0n) is 15.5. The molecule has 136 valence electrons. The Hall–Kier alpha value is -1.84. The third kappa shape index (κ3) is 3.79. The molecule has 4 heteroatoms. The second-order valence-corrected chi connectivity index (χ2v) is 8.68. The summed E-state index contributed by atoms with van der Waals surface area (Å²) in [5, 5.41) is 4.46. The van der Waals surface area contributed by atoms with Crippen LogP contribution >= 0.6 is 11.6 Å². The molecule has 2 aromatic carbocycles. The molecule has 3 nitrogen and oxygen atoms in total. The van der Waals surface area contributed by atoms with Gasteiger partial charge in [0.25, 0.3) is 0 Å². The van der Waals surface area contributed by atoms with E-state index in [0.717, 1.165) is 33.7 Å². The third-order valence-corrected chi connectivity index (χ3v) is 6.02. The molecule has 0 unspecified atom stereocenters. The van der Waals surface area contributed by atoms with E-state index in [-0.39, 0.29) is 0 Å². The van der Waals surface area contributed by atoms with E-state index >= 15 is 0 Å². The van der Waals surface area contributed by atoms with Crippen LogP contribution < -0.4 is 5.32 Å². The average molecular weight is 368 g/mol. The van der Waals surface area contributed by atoms with Gasteiger partial charge in [-0.2, -0.15) is 0 Å². The molecule has 0 radical (unpaired) electrons. The maximum atomic E-state index is 6.45. The minimum Gasteiger partial charge on any atom is -0.345 e. The summed E-state index contributed by atoms with van der Waals surface area (Å²) in [5.74, 6) is 0. The van der Waals surface area contributed by atoms with Crippen LogP contribution in [-0.2, 0) is 6.54 Å². The predicted octanol–water partition coefficient (Wildman–Crippen LogP) is 5.94. The molecular weight excluding hydrogens is 342 g/mol. The average Bonchev–Trinajstić information content (AvgIpc) is 3.08. The van der Waals surface area contributed by atoms with Gasteiger partial charge in [0, 0.05) is 18.2 Å². The molecular formula is C22H26ClN3. The maximum absolute atomic E-state index is 6.45. The van der Waals surface area contributed by atoms with Crippen molar-refractivity contribution in [3.63, 3.8) is 0 Å². The Bertz CT molecular complexity index is 885. The Morgan fingerprint density at radius 3 is 2.62 bits per heavy atom. The van der Waals surface area contributed by atoms with Gasteiger partial charge in [-0.1, -0.05) is 49.7 Å². The largest absolute Gasteiger partial charge is 0.345 e. The Labute approximate surface area is 160 Å². The van der Waals surface area contributed by atoms with Gasteiger partial charge < -0.3 is 10.3 Å². The van der Waals surface area contributed by atoms with Crippen LogP contribution in [0.25, 0.3) is 22.2 Å². The van der Waals surface area contributed by atoms with Crippen LogP contribution in [0.3, 0.4) is 0 Å². The summed E-state index contributed by atoms with van der Waals surface area (Å²) in [7, 11) is 0. The Morgan fingerprint density at radius 2 is 1.88 bits per heavy atom. The predicted molar refractivity (Wildman–Crippen MR) is 109 cm³/mol. The normalized spacial score (nSPS) is 17.7. The summed E-state index contributed by atoms with van der Waals surface area (Å²) in [6.45, 7) is 5.69. The van der Waals surface area contributed by atoms with Gasteiger partial charge in [-0.15, -0.1) is 0 Å². The molecule has 0 aliphatic heterocycles. The first-order valence-corrected chi connectivity index (χ1v) is 9.83. The van der Waals surface area contributed by atoms with Gasteiger partial charge in [-0.3, -0.25) is 0 Å². The van der Waals surface area contributed by atoms with Gasteiger partial charge in [0.05, 0.1) is 22.4 Å². The molecule has 1 aliphatic rings. The lowest BCUT2D eigenvalue weighted by molar-refractivity contribution is 0.206. The van der Waals surface area contributed by atoms with Crippen LogP contribution in [0, 0.1) is 5.41 Å². The molecule has 1 aromatic heterocycles. The fourth-order valence-electron chi connectivity index (χ4n) is 3.85. The molecule has 0 spiro atoms. The number of H-pyrrole nitrogens is 1. The minimum atomic E-state index is 0.523. The summed E-state index contributed by atoms with van der Waals surface area (Å²) in [5.41, 5.74) is 5.92. The number of imidazole rings is 1. The highest BCUT2D eigenvalue weighted by atomic mass is 35.5. The van der Waals surface area contributed by atoms with Crippen molar-refractivity contribution >= 4 is 22.6 Å². The van der Waals surface area contributed by atoms with Crippen LogP contribution in [0.5, 0.6) is 0 Å². The maximum Gasteiger partial charge on any atom is 0.0931 e. The SMILES string of the molecule is CC1(C)CCC(NCc2ccc(-c3cc4[nH]cnc4cc3Cl)cc2)CC1. The minimum absolute atomic E-state index is 0.523. The molecule has 0 saturated heterocycles. The van der Waals surface area contributed by atoms with Gasteiger partial charge in [-0.25, -0.2) is 4.98 Å². The van der Waals surface area contributed by atoms with E-state index in [1.165, 1.54) is 31.2 Å². The van der Waals surface area contributed by atoms with Crippen LogP contribution in [0.4, 0.5) is 0 Å². The van der Waals surface area contributed by atoms with E-state index < -0.39 is 0 Å². The van der Waals surface area contributed by atoms with E-state index in [2.05, 4.69) is 59.5 Å². The molecule has 1 fully saturated rings. The molecule has 1 saturated carbocycles. The molecule has 2 N–H and O–H groups in total. The lowest BCUT2D eigenvalue weighted by Gasteiger charge is -2.34. The lowest BCUT2D eigenvalue weighted by Crippen LogP contribution is -2.35. The summed E-state index contributed by atoms with van der Waals surface area (Å²) in [6.07, 6.45) is 6.90. The number of hydrogen-bond donors (Lipinski definition) is 2. The third-order valence-electron chi connectivity index (χ3n) is 5.71. The number of aromatic nitrogens is 2. The topological polar surface area (TPSA) is 40.7 Å². The highest BCUT2D eigenvalue weighted by molar-refractivity contribution is 6.34. The highest BCUT2D eigenvalue weighted by Gasteiger charge is 2.26. The standard InChI is InChI=1S/C22H26ClN3/c1-22(2)9-7-17(8-10-22)24-13-15-3-5-16(6-4-15)18-11-20-21(12-19(18)23)26-14-25-20/h3-6,11-12,14,17,24H,7-10,13H2,1-2H3,(H,25,26). The van der Waals surface area contributed by atoms with E-state index in [1.807, 2.05) is 6.07 Å². The Balaban J connectivity index is 1.42. The van der Waals surface area contributed by atoms with Gasteiger partial charge in [0.2, 0.25) is 0 Å². The van der Waals surface area contributed by atoms with Crippen LogP contribution in [0.15, 0.2) is 42.7 Å². The van der Waals surface area contributed by atoms with Crippen molar-refractivity contribution in [2.75, 3.05) is 0 Å². The number of fused-ring (bicyclic) bond motifs is 1. The zero-order valence-corrected chi connectivity index (χ0v) is 16.2. The number of nitrogens with one attached hydrogen (secondary N) is 2. The molecule has 0 amide bonds. The van der Waals surface area contributed by atoms with Crippen LogP contribution in [0.1, 0.15) is 45.1 Å². The monoisotopic (exact) mass is 367 g/mol. The van der Waals surface area contributed by atoms with Crippen molar-refractivity contribution in [2.24, 2.45) is 5.41 Å². The summed E-state index contributed by atoms with van der Waals surface area (Å²) < 4.78 is 0. The molecule has 1 aliphatic carbocycles. The summed E-state index contributed by atoms with van der Waals surface area (Å²) in [6, 6.07) is 13.4. The van der Waals surface area contributed by atoms with Crippen molar-refractivity contribution in [3.8, 4) is 11.1 Å². The first-order valence-electron chi connectivity index (χ1n) is 9.45. The lowest BCUT2D eigenvalue weighted by atomic mass is 9.75. The number of benzene rings is 2. The number of halogens is 1. The van der Waals surface area contributed by atoms with E-state index in [0.29, 0.717) is 11.5 Å². The number of nitrogens with zero attached hydrogens (tertiary/aromatic N) is 1. The van der Waals surface area contributed by atoms with Crippen molar-refractivity contribution in [2.45, 2.75) is 52.1 Å². The van der Waals surface area contributed by atoms with Crippen molar-refractivity contribution in [1.29, 1.82) is 0 Å². The van der Waals surface area contributed by atoms with E-state index in [9.17, 15) is 0 Å². The Morgan fingerprint density at radius 1 is 1.15 bits per heavy atom. The van der Waals surface area contributed by atoms with Gasteiger partial charge in [-0.05, 0) is 54.4 Å². The van der Waals surface area contributed by atoms with Crippen molar-refractivity contribution in [3.05, 3.63) is 53.3 Å². The molecule has 3 aromatic rings. The summed E-state index contributed by atoms with van der Waals surface area (Å²) in [4.78, 5) is 7.41. The first-order chi connectivity index (χ1) is 12.5. The smallest absolute Gasteiger partial charge is 0.0931 e. The number of aromatic amines is 1. The van der Waals surface area contributed by atoms with Crippen LogP contribution in [0.2, 0.25) is 5.02 Å². The summed E-state index contributed by atoms with van der Waals surface area (Å²) >= 11 is 6.45. The van der Waals surface area contributed by atoms with Crippen molar-refractivity contribution in [1.82, 2.24) is 15.3 Å². The fraction of sp³-hybridized carbons (Fsp3) is 0.409. The molecule has 0 bridgehead atoms. The van der Waals surface area contributed by atoms with E-state index in [4.69, 9.17) is 11.6 Å². The quantitative estimate of drug-likeness (QED) is 0.598. The van der Waals surface area contributed by atoms with Gasteiger partial charge in [0.1, 0.15) is 0 Å². The number of rotatable bonds is 4. The molecule has 26 heavy (non-hydrogen) atoms.